The summed E-state index contributed by atoms with van der Waals surface area (Å²) in [5, 5.41) is 0.311. The Morgan fingerprint density at radius 1 is 1.14 bits per heavy atom. The van der Waals surface area contributed by atoms with Crippen molar-refractivity contribution in [3.63, 3.8) is 0 Å². The van der Waals surface area contributed by atoms with Gasteiger partial charge in [-0.2, -0.15) is 0 Å². The van der Waals surface area contributed by atoms with Crippen LogP contribution in [0, 0.1) is 0 Å². The van der Waals surface area contributed by atoms with Crippen molar-refractivity contribution in [2.75, 3.05) is 6.26 Å². The highest BCUT2D eigenvalue weighted by atomic mass is 35.5. The zero-order chi connectivity index (χ0) is 15.0. The number of hydrogen-bond acceptors (Lipinski definition) is 5. The molecule has 0 unspecified atom stereocenters. The molecule has 0 amide bonds. The van der Waals surface area contributed by atoms with E-state index in [9.17, 15) is 8.42 Å². The fourth-order valence-electron chi connectivity index (χ4n) is 2.01. The number of rotatable bonds is 3. The molecule has 0 spiro atoms. The molecule has 3 aromatic rings. The van der Waals surface area contributed by atoms with Crippen LogP contribution in [0.4, 0.5) is 0 Å². The Labute approximate surface area is 126 Å². The molecule has 0 saturated heterocycles. The summed E-state index contributed by atoms with van der Waals surface area (Å²) < 4.78 is 24.7. The Morgan fingerprint density at radius 2 is 1.86 bits per heavy atom. The SMILES string of the molecule is CS(=O)(=O)c1ccc(Cn2cnc3c(Cl)ncnc32)cc1. The van der Waals surface area contributed by atoms with Gasteiger partial charge in [0.05, 0.1) is 17.8 Å². The van der Waals surface area contributed by atoms with Crippen LogP contribution in [0.5, 0.6) is 0 Å². The molecule has 2 heterocycles. The van der Waals surface area contributed by atoms with Gasteiger partial charge < -0.3 is 4.57 Å². The van der Waals surface area contributed by atoms with E-state index in [0.717, 1.165) is 5.56 Å². The smallest absolute Gasteiger partial charge is 0.175 e. The van der Waals surface area contributed by atoms with Crippen molar-refractivity contribution in [3.8, 4) is 0 Å². The minimum absolute atomic E-state index is 0.298. The lowest BCUT2D eigenvalue weighted by atomic mass is 10.2. The normalized spacial score (nSPS) is 11.9. The van der Waals surface area contributed by atoms with Gasteiger partial charge in [-0.3, -0.25) is 0 Å². The van der Waals surface area contributed by atoms with Crippen molar-refractivity contribution in [2.24, 2.45) is 0 Å². The molecule has 3 rings (SSSR count). The highest BCUT2D eigenvalue weighted by Crippen LogP contribution is 2.18. The number of nitrogens with zero attached hydrogens (tertiary/aromatic N) is 4. The maximum Gasteiger partial charge on any atom is 0.175 e. The lowest BCUT2D eigenvalue weighted by molar-refractivity contribution is 0.602. The van der Waals surface area contributed by atoms with E-state index >= 15 is 0 Å². The monoisotopic (exact) mass is 322 g/mol. The maximum absolute atomic E-state index is 11.4. The van der Waals surface area contributed by atoms with Gasteiger partial charge in [0.15, 0.2) is 20.6 Å². The van der Waals surface area contributed by atoms with Crippen LogP contribution in [0.3, 0.4) is 0 Å². The van der Waals surface area contributed by atoms with E-state index in [1.807, 2.05) is 4.57 Å². The molecule has 0 aliphatic rings. The lowest BCUT2D eigenvalue weighted by Crippen LogP contribution is -2.01. The van der Waals surface area contributed by atoms with E-state index in [1.165, 1.54) is 12.6 Å². The van der Waals surface area contributed by atoms with Crippen molar-refractivity contribution >= 4 is 32.6 Å². The van der Waals surface area contributed by atoms with Crippen molar-refractivity contribution < 1.29 is 8.42 Å². The van der Waals surface area contributed by atoms with Crippen LogP contribution >= 0.6 is 11.6 Å². The topological polar surface area (TPSA) is 77.7 Å². The Bertz CT molecular complexity index is 904. The van der Waals surface area contributed by atoms with Crippen molar-refractivity contribution in [1.29, 1.82) is 0 Å². The molecule has 8 heteroatoms. The summed E-state index contributed by atoms with van der Waals surface area (Å²) >= 11 is 5.95. The van der Waals surface area contributed by atoms with Gasteiger partial charge in [0.1, 0.15) is 11.8 Å². The van der Waals surface area contributed by atoms with Crippen LogP contribution < -0.4 is 0 Å². The molecule has 0 aliphatic heterocycles. The number of aromatic nitrogens is 4. The van der Waals surface area contributed by atoms with E-state index in [1.54, 1.807) is 30.6 Å². The molecule has 2 aromatic heterocycles. The predicted molar refractivity (Wildman–Crippen MR) is 79.0 cm³/mol. The zero-order valence-electron chi connectivity index (χ0n) is 11.1. The zero-order valence-corrected chi connectivity index (χ0v) is 12.6. The van der Waals surface area contributed by atoms with E-state index in [4.69, 9.17) is 11.6 Å². The Hall–Kier alpha value is -1.99. The molecule has 0 fully saturated rings. The summed E-state index contributed by atoms with van der Waals surface area (Å²) in [5.41, 5.74) is 2.13. The van der Waals surface area contributed by atoms with Gasteiger partial charge in [-0.25, -0.2) is 23.4 Å². The first kappa shape index (κ1) is 14.0. The van der Waals surface area contributed by atoms with Crippen LogP contribution in [0.2, 0.25) is 5.15 Å². The first-order chi connectivity index (χ1) is 9.95. The van der Waals surface area contributed by atoms with Crippen LogP contribution in [0.1, 0.15) is 5.56 Å². The molecule has 108 valence electrons. The Kier molecular flexibility index (Phi) is 3.38. The third kappa shape index (κ3) is 2.74. The van der Waals surface area contributed by atoms with E-state index < -0.39 is 9.84 Å². The van der Waals surface area contributed by atoms with Crippen LogP contribution in [-0.4, -0.2) is 34.2 Å². The standard InChI is InChI=1S/C13H11ClN4O2S/c1-21(19,20)10-4-2-9(3-5-10)6-18-8-17-11-12(14)15-7-16-13(11)18/h2-5,7-8H,6H2,1H3. The molecule has 0 bridgehead atoms. The van der Waals surface area contributed by atoms with E-state index in [0.29, 0.717) is 27.8 Å². The summed E-state index contributed by atoms with van der Waals surface area (Å²) in [6, 6.07) is 6.72. The minimum atomic E-state index is -3.18. The largest absolute Gasteiger partial charge is 0.311 e. The van der Waals surface area contributed by atoms with E-state index in [2.05, 4.69) is 15.0 Å². The number of fused-ring (bicyclic) bond motifs is 1. The van der Waals surface area contributed by atoms with Crippen LogP contribution in [0.15, 0.2) is 41.8 Å². The molecule has 0 N–H and O–H groups in total. The highest BCUT2D eigenvalue weighted by Gasteiger charge is 2.10. The van der Waals surface area contributed by atoms with Crippen LogP contribution in [-0.2, 0) is 16.4 Å². The number of sulfone groups is 1. The maximum atomic E-state index is 11.4. The second kappa shape index (κ2) is 5.09. The fraction of sp³-hybridized carbons (Fsp3) is 0.154. The molecular formula is C13H11ClN4O2S. The molecule has 6 nitrogen and oxygen atoms in total. The molecule has 21 heavy (non-hydrogen) atoms. The van der Waals surface area contributed by atoms with Gasteiger partial charge in [-0.15, -0.1) is 0 Å². The number of halogens is 1. The average Bonchev–Trinajstić information content (AvgIpc) is 2.83. The van der Waals surface area contributed by atoms with Crippen molar-refractivity contribution in [2.45, 2.75) is 11.4 Å². The summed E-state index contributed by atoms with van der Waals surface area (Å²) in [4.78, 5) is 12.5. The van der Waals surface area contributed by atoms with Gasteiger partial charge in [0, 0.05) is 6.26 Å². The summed E-state index contributed by atoms with van der Waals surface area (Å²) in [5.74, 6) is 0. The first-order valence-corrected chi connectivity index (χ1v) is 8.32. The number of hydrogen-bond donors (Lipinski definition) is 0. The second-order valence-corrected chi connectivity index (χ2v) is 7.00. The molecule has 0 radical (unpaired) electrons. The summed E-state index contributed by atoms with van der Waals surface area (Å²) in [7, 11) is -3.18. The molecule has 0 aliphatic carbocycles. The third-order valence-corrected chi connectivity index (χ3v) is 4.47. The predicted octanol–water partition coefficient (Wildman–Crippen LogP) is 1.93. The Morgan fingerprint density at radius 3 is 2.52 bits per heavy atom. The quantitative estimate of drug-likeness (QED) is 0.688. The molecule has 0 saturated carbocycles. The van der Waals surface area contributed by atoms with Crippen LogP contribution in [0.25, 0.3) is 11.2 Å². The number of benzene rings is 1. The molecular weight excluding hydrogens is 312 g/mol. The summed E-state index contributed by atoms with van der Waals surface area (Å²) in [6.45, 7) is 0.522. The second-order valence-electron chi connectivity index (χ2n) is 4.63. The van der Waals surface area contributed by atoms with Gasteiger partial charge in [-0.1, -0.05) is 23.7 Å². The van der Waals surface area contributed by atoms with Gasteiger partial charge in [0.2, 0.25) is 0 Å². The Balaban J connectivity index is 1.94. The average molecular weight is 323 g/mol. The lowest BCUT2D eigenvalue weighted by Gasteiger charge is -2.05. The van der Waals surface area contributed by atoms with Crippen molar-refractivity contribution in [3.05, 3.63) is 47.6 Å². The first-order valence-electron chi connectivity index (χ1n) is 6.05. The minimum Gasteiger partial charge on any atom is -0.311 e. The van der Waals surface area contributed by atoms with E-state index in [-0.39, 0.29) is 0 Å². The van der Waals surface area contributed by atoms with Gasteiger partial charge in [-0.05, 0) is 17.7 Å². The highest BCUT2D eigenvalue weighted by molar-refractivity contribution is 7.90. The van der Waals surface area contributed by atoms with Gasteiger partial charge in [0.25, 0.3) is 0 Å². The number of imidazole rings is 1. The van der Waals surface area contributed by atoms with Crippen molar-refractivity contribution in [1.82, 2.24) is 19.5 Å². The molecule has 0 atom stereocenters. The molecule has 1 aromatic carbocycles. The third-order valence-electron chi connectivity index (χ3n) is 3.06. The summed E-state index contributed by atoms with van der Waals surface area (Å²) in [6.07, 6.45) is 4.20. The van der Waals surface area contributed by atoms with Gasteiger partial charge >= 0.3 is 0 Å². The fourth-order valence-corrected chi connectivity index (χ4v) is 2.81.